The molecule has 9 heteroatoms. The van der Waals surface area contributed by atoms with Gasteiger partial charge in [-0.05, 0) is 12.1 Å². The predicted molar refractivity (Wildman–Crippen MR) is 58.5 cm³/mol. The third-order valence-electron chi connectivity index (χ3n) is 2.54. The fourth-order valence-electron chi connectivity index (χ4n) is 1.73. The Morgan fingerprint density at radius 1 is 1.35 bits per heavy atom. The van der Waals surface area contributed by atoms with E-state index in [1.165, 1.54) is 0 Å². The Hall–Kier alpha value is -2.58. The van der Waals surface area contributed by atoms with E-state index in [0.717, 1.165) is 25.3 Å². The number of rotatable bonds is 2. The lowest BCUT2D eigenvalue weighted by atomic mass is 10.2. The highest BCUT2D eigenvalue weighted by Gasteiger charge is 2.36. The molecular formula is C11H7F3N2O4. The van der Waals surface area contributed by atoms with Gasteiger partial charge in [0.25, 0.3) is 0 Å². The summed E-state index contributed by atoms with van der Waals surface area (Å²) in [5, 5.41) is 12.5. The van der Waals surface area contributed by atoms with Crippen molar-refractivity contribution in [3.8, 4) is 0 Å². The molecule has 2 aromatic rings. The minimum Gasteiger partial charge on any atom is -0.478 e. The molecule has 1 N–H and O–H groups in total. The van der Waals surface area contributed by atoms with Crippen LogP contribution in [0.1, 0.15) is 26.5 Å². The number of ether oxygens (including phenoxy) is 1. The number of aromatic nitrogens is 2. The molecule has 2 aromatic heterocycles. The number of hydrogen-bond donors (Lipinski definition) is 1. The number of esters is 1. The molecule has 0 atom stereocenters. The van der Waals surface area contributed by atoms with Crippen molar-refractivity contribution in [1.82, 2.24) is 9.61 Å². The number of methoxy groups -OCH3 is 1. The maximum absolute atomic E-state index is 12.8. The smallest absolute Gasteiger partial charge is 0.433 e. The zero-order valence-electron chi connectivity index (χ0n) is 9.93. The number of carbonyl (C=O) groups excluding carboxylic acids is 1. The summed E-state index contributed by atoms with van der Waals surface area (Å²) in [4.78, 5) is 22.6. The number of aromatic carboxylic acids is 1. The van der Waals surface area contributed by atoms with E-state index in [1.807, 2.05) is 0 Å². The van der Waals surface area contributed by atoms with Crippen LogP contribution < -0.4 is 0 Å². The second kappa shape index (κ2) is 4.51. The summed E-state index contributed by atoms with van der Waals surface area (Å²) in [5.74, 6) is -2.70. The van der Waals surface area contributed by atoms with Crippen molar-refractivity contribution in [1.29, 1.82) is 0 Å². The van der Waals surface area contributed by atoms with Crippen molar-refractivity contribution < 1.29 is 32.6 Å². The van der Waals surface area contributed by atoms with E-state index in [1.54, 1.807) is 0 Å². The van der Waals surface area contributed by atoms with Gasteiger partial charge in [0.05, 0.1) is 12.6 Å². The highest BCUT2D eigenvalue weighted by molar-refractivity contribution is 6.06. The first kappa shape index (κ1) is 13.8. The van der Waals surface area contributed by atoms with Gasteiger partial charge in [-0.1, -0.05) is 6.07 Å². The van der Waals surface area contributed by atoms with Gasteiger partial charge in [0, 0.05) is 0 Å². The Balaban J connectivity index is 2.87. The summed E-state index contributed by atoms with van der Waals surface area (Å²) in [6, 6.07) is 2.89. The van der Waals surface area contributed by atoms with Gasteiger partial charge in [0.15, 0.2) is 5.69 Å². The van der Waals surface area contributed by atoms with Crippen LogP contribution in [-0.2, 0) is 10.9 Å². The van der Waals surface area contributed by atoms with Crippen LogP contribution in [0.3, 0.4) is 0 Å². The highest BCUT2D eigenvalue weighted by Crippen LogP contribution is 2.30. The first-order valence-corrected chi connectivity index (χ1v) is 5.18. The molecule has 2 heterocycles. The van der Waals surface area contributed by atoms with E-state index in [2.05, 4.69) is 9.84 Å². The zero-order valence-corrected chi connectivity index (χ0v) is 9.93. The standard InChI is InChI=1S/C11H7F3N2O4/c1-20-10(19)8-7(9(17)18)5-3-2-4-6(11(12,13)14)16(5)15-8/h2-4H,1H3,(H,17,18). The Morgan fingerprint density at radius 3 is 2.50 bits per heavy atom. The molecule has 0 radical (unpaired) electrons. The molecule has 2 rings (SSSR count). The maximum Gasteiger partial charge on any atom is 0.433 e. The van der Waals surface area contributed by atoms with Crippen LogP contribution in [0.25, 0.3) is 5.52 Å². The molecule has 0 aliphatic carbocycles. The van der Waals surface area contributed by atoms with Gasteiger partial charge in [-0.25, -0.2) is 14.1 Å². The van der Waals surface area contributed by atoms with E-state index in [4.69, 9.17) is 5.11 Å². The van der Waals surface area contributed by atoms with E-state index in [-0.39, 0.29) is 5.52 Å². The number of pyridine rings is 1. The largest absolute Gasteiger partial charge is 0.478 e. The average molecular weight is 288 g/mol. The number of alkyl halides is 3. The van der Waals surface area contributed by atoms with Gasteiger partial charge in [0.2, 0.25) is 0 Å². The van der Waals surface area contributed by atoms with Gasteiger partial charge in [-0.2, -0.15) is 18.3 Å². The summed E-state index contributed by atoms with van der Waals surface area (Å²) in [7, 11) is 0.975. The molecule has 0 bridgehead atoms. The van der Waals surface area contributed by atoms with E-state index < -0.39 is 35.1 Å². The van der Waals surface area contributed by atoms with Gasteiger partial charge >= 0.3 is 18.1 Å². The molecule has 0 fully saturated rings. The summed E-state index contributed by atoms with van der Waals surface area (Å²) < 4.78 is 43.1. The fourth-order valence-corrected chi connectivity index (χ4v) is 1.73. The van der Waals surface area contributed by atoms with Gasteiger partial charge in [-0.3, -0.25) is 0 Å². The lowest BCUT2D eigenvalue weighted by Gasteiger charge is -2.08. The number of carboxylic acid groups (broad SMARTS) is 1. The second-order valence-electron chi connectivity index (χ2n) is 3.73. The second-order valence-corrected chi connectivity index (χ2v) is 3.73. The molecule has 106 valence electrons. The quantitative estimate of drug-likeness (QED) is 0.853. The first-order valence-electron chi connectivity index (χ1n) is 5.18. The Bertz CT molecular complexity index is 705. The number of carbonyl (C=O) groups is 2. The van der Waals surface area contributed by atoms with Crippen molar-refractivity contribution >= 4 is 17.5 Å². The molecule has 0 aromatic carbocycles. The lowest BCUT2D eigenvalue weighted by molar-refractivity contribution is -0.142. The number of carboxylic acids is 1. The monoisotopic (exact) mass is 288 g/mol. The summed E-state index contributed by atoms with van der Waals surface area (Å²) in [5.41, 5.74) is -2.85. The van der Waals surface area contributed by atoms with Crippen LogP contribution in [0.15, 0.2) is 18.2 Å². The molecular weight excluding hydrogens is 281 g/mol. The number of nitrogens with zero attached hydrogens (tertiary/aromatic N) is 2. The van der Waals surface area contributed by atoms with E-state index >= 15 is 0 Å². The van der Waals surface area contributed by atoms with Crippen LogP contribution >= 0.6 is 0 Å². The summed E-state index contributed by atoms with van der Waals surface area (Å²) in [6.07, 6.45) is -4.74. The topological polar surface area (TPSA) is 80.9 Å². The molecule has 0 spiro atoms. The molecule has 0 saturated heterocycles. The summed E-state index contributed by atoms with van der Waals surface area (Å²) >= 11 is 0. The number of halogens is 3. The van der Waals surface area contributed by atoms with Crippen molar-refractivity contribution in [2.24, 2.45) is 0 Å². The Kier molecular flexibility index (Phi) is 3.12. The van der Waals surface area contributed by atoms with Gasteiger partial charge < -0.3 is 9.84 Å². The predicted octanol–water partition coefficient (Wildman–Crippen LogP) is 1.84. The normalized spacial score (nSPS) is 11.6. The average Bonchev–Trinajstić information content (AvgIpc) is 2.75. The van der Waals surface area contributed by atoms with Crippen molar-refractivity contribution in [3.05, 3.63) is 35.2 Å². The van der Waals surface area contributed by atoms with Crippen molar-refractivity contribution in [3.63, 3.8) is 0 Å². The molecule has 0 amide bonds. The molecule has 20 heavy (non-hydrogen) atoms. The van der Waals surface area contributed by atoms with Crippen molar-refractivity contribution in [2.75, 3.05) is 7.11 Å². The fraction of sp³-hybridized carbons (Fsp3) is 0.182. The SMILES string of the molecule is COC(=O)c1nn2c(C(F)(F)F)cccc2c1C(=O)O. The molecule has 0 aliphatic heterocycles. The van der Waals surface area contributed by atoms with E-state index in [9.17, 15) is 22.8 Å². The maximum atomic E-state index is 12.8. The number of fused-ring (bicyclic) bond motifs is 1. The van der Waals surface area contributed by atoms with Crippen LogP contribution in [-0.4, -0.2) is 33.8 Å². The van der Waals surface area contributed by atoms with Crippen molar-refractivity contribution in [2.45, 2.75) is 6.18 Å². The molecule has 0 unspecified atom stereocenters. The minimum atomic E-state index is -4.74. The third kappa shape index (κ3) is 2.06. The lowest BCUT2D eigenvalue weighted by Crippen LogP contribution is -2.12. The van der Waals surface area contributed by atoms with Crippen LogP contribution in [0.2, 0.25) is 0 Å². The first-order chi connectivity index (χ1) is 9.27. The Morgan fingerprint density at radius 2 is 2.00 bits per heavy atom. The van der Waals surface area contributed by atoms with E-state index in [0.29, 0.717) is 4.52 Å². The van der Waals surface area contributed by atoms with Crippen LogP contribution in [0.4, 0.5) is 13.2 Å². The van der Waals surface area contributed by atoms with Crippen LogP contribution in [0.5, 0.6) is 0 Å². The zero-order chi connectivity index (χ0) is 15.1. The molecule has 0 saturated carbocycles. The third-order valence-corrected chi connectivity index (χ3v) is 2.54. The minimum absolute atomic E-state index is 0.340. The molecule has 0 aliphatic rings. The number of hydrogen-bond acceptors (Lipinski definition) is 4. The Labute approximate surface area is 109 Å². The van der Waals surface area contributed by atoms with Crippen LogP contribution in [0, 0.1) is 0 Å². The van der Waals surface area contributed by atoms with Gasteiger partial charge in [0.1, 0.15) is 11.3 Å². The van der Waals surface area contributed by atoms with Gasteiger partial charge in [-0.15, -0.1) is 0 Å². The molecule has 6 nitrogen and oxygen atoms in total. The highest BCUT2D eigenvalue weighted by atomic mass is 19.4. The summed E-state index contributed by atoms with van der Waals surface area (Å²) in [6.45, 7) is 0.